The van der Waals surface area contributed by atoms with Gasteiger partial charge in [-0.25, -0.2) is 9.59 Å². The van der Waals surface area contributed by atoms with Crippen LogP contribution in [0.2, 0.25) is 0 Å². The number of rotatable bonds is 9. The highest BCUT2D eigenvalue weighted by atomic mass is 19.4. The second-order valence-corrected chi connectivity index (χ2v) is 8.52. The maximum atomic E-state index is 14.4. The van der Waals surface area contributed by atoms with Crippen LogP contribution in [0.25, 0.3) is 0 Å². The second kappa shape index (κ2) is 13.3. The van der Waals surface area contributed by atoms with Gasteiger partial charge in [-0.3, -0.25) is 4.79 Å². The normalized spacial score (nSPS) is 13.1. The first-order valence-electron chi connectivity index (χ1n) is 11.9. The minimum atomic E-state index is -4.93. The van der Waals surface area contributed by atoms with Crippen molar-refractivity contribution in [1.82, 2.24) is 5.32 Å². The fourth-order valence-corrected chi connectivity index (χ4v) is 3.63. The molecule has 0 spiro atoms. The fourth-order valence-electron chi connectivity index (χ4n) is 3.63. The van der Waals surface area contributed by atoms with Crippen molar-refractivity contribution in [3.63, 3.8) is 0 Å². The highest BCUT2D eigenvalue weighted by Crippen LogP contribution is 2.37. The average Bonchev–Trinajstić information content (AvgIpc) is 2.93. The Morgan fingerprint density at radius 3 is 2.05 bits per heavy atom. The average molecular weight is 541 g/mol. The first kappa shape index (κ1) is 29.0. The van der Waals surface area contributed by atoms with Crippen molar-refractivity contribution < 1.29 is 37.0 Å². The molecule has 39 heavy (non-hydrogen) atoms. The van der Waals surface area contributed by atoms with Gasteiger partial charge in [-0.15, -0.1) is 0 Å². The van der Waals surface area contributed by atoms with Gasteiger partial charge >= 0.3 is 18.2 Å². The van der Waals surface area contributed by atoms with Crippen LogP contribution in [-0.2, 0) is 20.9 Å². The van der Waals surface area contributed by atoms with Gasteiger partial charge in [0.2, 0.25) is 5.91 Å². The van der Waals surface area contributed by atoms with Gasteiger partial charge in [0.25, 0.3) is 0 Å². The van der Waals surface area contributed by atoms with Gasteiger partial charge in [0.1, 0.15) is 6.61 Å². The molecule has 3 aromatic carbocycles. The largest absolute Gasteiger partial charge is 0.465 e. The molecule has 2 N–H and O–H groups in total. The maximum Gasteiger partial charge on any atom is 0.414 e. The molecule has 10 heteroatoms. The van der Waals surface area contributed by atoms with E-state index in [4.69, 9.17) is 4.74 Å². The number of hydrogen-bond acceptors (Lipinski definition) is 5. The summed E-state index contributed by atoms with van der Waals surface area (Å²) in [5.74, 6) is -2.57. The summed E-state index contributed by atoms with van der Waals surface area (Å²) in [4.78, 5) is 37.1. The summed E-state index contributed by atoms with van der Waals surface area (Å²) >= 11 is 0. The third-order valence-electron chi connectivity index (χ3n) is 5.66. The van der Waals surface area contributed by atoms with Crippen LogP contribution >= 0.6 is 0 Å². The van der Waals surface area contributed by atoms with Crippen molar-refractivity contribution in [1.29, 1.82) is 0 Å². The number of carbonyl (C=O) groups is 3. The molecule has 7 nitrogen and oxygen atoms in total. The van der Waals surface area contributed by atoms with E-state index in [0.717, 1.165) is 6.08 Å². The van der Waals surface area contributed by atoms with E-state index in [2.05, 4.69) is 15.4 Å². The Morgan fingerprint density at radius 1 is 0.897 bits per heavy atom. The van der Waals surface area contributed by atoms with Gasteiger partial charge < -0.3 is 20.1 Å². The lowest BCUT2D eigenvalue weighted by Crippen LogP contribution is -2.35. The molecular formula is C29H27F3N2O5. The molecule has 3 aromatic rings. The quantitative estimate of drug-likeness (QED) is 0.249. The summed E-state index contributed by atoms with van der Waals surface area (Å²) in [5.41, 5.74) is 0.0114. The number of benzene rings is 3. The Labute approximate surface area is 223 Å². The van der Waals surface area contributed by atoms with Crippen molar-refractivity contribution in [2.75, 3.05) is 12.4 Å². The lowest BCUT2D eigenvalue weighted by Gasteiger charge is -2.25. The Balaban J connectivity index is 1.93. The number of methoxy groups -OCH3 is 1. The Bertz CT molecular complexity index is 1290. The molecule has 0 bridgehead atoms. The highest BCUT2D eigenvalue weighted by Gasteiger charge is 2.41. The summed E-state index contributed by atoms with van der Waals surface area (Å²) in [6.07, 6.45) is -5.27. The lowest BCUT2D eigenvalue weighted by molar-refractivity contribution is -0.118. The predicted octanol–water partition coefficient (Wildman–Crippen LogP) is 6.20. The molecule has 0 aliphatic rings. The van der Waals surface area contributed by atoms with Crippen LogP contribution in [-0.4, -0.2) is 31.3 Å². The molecule has 204 valence electrons. The van der Waals surface area contributed by atoms with Gasteiger partial charge in [0.05, 0.1) is 30.2 Å². The van der Waals surface area contributed by atoms with Gasteiger partial charge in [0.15, 0.2) is 0 Å². The second-order valence-electron chi connectivity index (χ2n) is 8.52. The zero-order valence-corrected chi connectivity index (χ0v) is 21.2. The van der Waals surface area contributed by atoms with E-state index in [0.29, 0.717) is 11.3 Å². The number of alkyl halides is 3. The molecule has 2 amide bonds. The molecule has 0 aromatic heterocycles. The highest BCUT2D eigenvalue weighted by molar-refractivity contribution is 5.93. The van der Waals surface area contributed by atoms with Crippen molar-refractivity contribution in [2.45, 2.75) is 25.7 Å². The number of para-hydroxylation sites is 1. The van der Waals surface area contributed by atoms with Gasteiger partial charge in [-0.1, -0.05) is 73.7 Å². The zero-order chi connectivity index (χ0) is 28.4. The van der Waals surface area contributed by atoms with E-state index in [1.165, 1.54) is 38.3 Å². The number of ether oxygens (including phenoxy) is 2. The summed E-state index contributed by atoms with van der Waals surface area (Å²) in [6, 6.07) is 20.3. The number of carbonyl (C=O) groups excluding carboxylic acids is 3. The summed E-state index contributed by atoms with van der Waals surface area (Å²) in [6.45, 7) is 1.15. The zero-order valence-electron chi connectivity index (χ0n) is 21.2. The van der Waals surface area contributed by atoms with E-state index in [1.807, 2.05) is 0 Å². The molecule has 0 fully saturated rings. The Hall–Kier alpha value is -4.60. The lowest BCUT2D eigenvalue weighted by atomic mass is 9.94. The van der Waals surface area contributed by atoms with E-state index >= 15 is 0 Å². The molecule has 2 atom stereocenters. The van der Waals surface area contributed by atoms with Crippen LogP contribution in [0.15, 0.2) is 96.6 Å². The minimum Gasteiger partial charge on any atom is -0.465 e. The molecular weight excluding hydrogens is 513 g/mol. The van der Waals surface area contributed by atoms with E-state index in [-0.39, 0.29) is 17.7 Å². The Morgan fingerprint density at radius 2 is 1.49 bits per heavy atom. The number of hydrogen-bond donors (Lipinski definition) is 2. The molecule has 1 unspecified atom stereocenters. The number of esters is 1. The standard InChI is InChI=1S/C29H27F3N2O5/c1-19(26(35)33-23-11-7-4-8-12-23)17-24(29(30,31)32)25(21-13-15-22(16-14-21)27(36)38-2)34-28(37)39-18-20-9-5-3-6-10-20/h3-17,19,25H,18H2,1-2H3,(H,33,35)(H,34,37)/b24-17-/t19-,25?/m1/s1. The minimum absolute atomic E-state index is 0.0126. The number of amides is 2. The predicted molar refractivity (Wildman–Crippen MR) is 139 cm³/mol. The molecule has 3 rings (SSSR count). The molecule has 0 aliphatic heterocycles. The SMILES string of the molecule is COC(=O)c1ccc(C(NC(=O)OCc2ccccc2)/C(=C/[C@@H](C)C(=O)Nc2ccccc2)C(F)(F)F)cc1. The van der Waals surface area contributed by atoms with Gasteiger partial charge in [-0.05, 0) is 35.4 Å². The van der Waals surface area contributed by atoms with Crippen LogP contribution in [0.5, 0.6) is 0 Å². The van der Waals surface area contributed by atoms with Crippen LogP contribution in [0.3, 0.4) is 0 Å². The van der Waals surface area contributed by atoms with Gasteiger partial charge in [0, 0.05) is 5.69 Å². The first-order valence-corrected chi connectivity index (χ1v) is 11.9. The molecule has 0 aliphatic carbocycles. The van der Waals surface area contributed by atoms with Crippen LogP contribution in [0, 0.1) is 5.92 Å². The van der Waals surface area contributed by atoms with Gasteiger partial charge in [-0.2, -0.15) is 13.2 Å². The van der Waals surface area contributed by atoms with Crippen molar-refractivity contribution in [2.24, 2.45) is 5.92 Å². The van der Waals surface area contributed by atoms with Crippen molar-refractivity contribution >= 4 is 23.7 Å². The molecule has 0 heterocycles. The molecule has 0 saturated heterocycles. The van der Waals surface area contributed by atoms with Crippen molar-refractivity contribution in [3.8, 4) is 0 Å². The fraction of sp³-hybridized carbons (Fsp3) is 0.207. The van der Waals surface area contributed by atoms with E-state index in [1.54, 1.807) is 60.7 Å². The molecule has 0 saturated carbocycles. The maximum absolute atomic E-state index is 14.4. The summed E-state index contributed by atoms with van der Waals surface area (Å²) in [7, 11) is 1.18. The summed E-state index contributed by atoms with van der Waals surface area (Å²) < 4.78 is 53.0. The van der Waals surface area contributed by atoms with Crippen molar-refractivity contribution in [3.05, 3.63) is 113 Å². The Kier molecular flexibility index (Phi) is 9.86. The smallest absolute Gasteiger partial charge is 0.414 e. The third-order valence-corrected chi connectivity index (χ3v) is 5.66. The number of alkyl carbamates (subject to hydrolysis) is 1. The molecule has 0 radical (unpaired) electrons. The monoisotopic (exact) mass is 540 g/mol. The van der Waals surface area contributed by atoms with E-state index < -0.39 is 41.7 Å². The van der Waals surface area contributed by atoms with Crippen LogP contribution in [0.4, 0.5) is 23.7 Å². The topological polar surface area (TPSA) is 93.7 Å². The van der Waals surface area contributed by atoms with E-state index in [9.17, 15) is 27.6 Å². The van der Waals surface area contributed by atoms with Crippen LogP contribution in [0.1, 0.15) is 34.5 Å². The number of anilines is 1. The number of halogens is 3. The third kappa shape index (κ3) is 8.46. The summed E-state index contributed by atoms with van der Waals surface area (Å²) in [5, 5.41) is 4.84. The van der Waals surface area contributed by atoms with Crippen LogP contribution < -0.4 is 10.6 Å². The number of nitrogens with one attached hydrogen (secondary N) is 2. The first-order chi connectivity index (χ1) is 18.6.